The van der Waals surface area contributed by atoms with Gasteiger partial charge in [-0.05, 0) is 12.8 Å². The first-order chi connectivity index (χ1) is 7.00. The molecule has 1 atom stereocenters. The lowest BCUT2D eigenvalue weighted by atomic mass is 10.1. The quantitative estimate of drug-likeness (QED) is 0.802. The van der Waals surface area contributed by atoms with Crippen LogP contribution in [0.25, 0.3) is 0 Å². The van der Waals surface area contributed by atoms with Gasteiger partial charge in [0.25, 0.3) is 0 Å². The van der Waals surface area contributed by atoms with Gasteiger partial charge in [-0.2, -0.15) is 0 Å². The predicted molar refractivity (Wildman–Crippen MR) is 55.9 cm³/mol. The van der Waals surface area contributed by atoms with Gasteiger partial charge in [-0.25, -0.2) is 4.98 Å². The highest BCUT2D eigenvalue weighted by molar-refractivity contribution is 5.70. The van der Waals surface area contributed by atoms with Crippen molar-refractivity contribution in [2.45, 2.75) is 39.7 Å². The largest absolute Gasteiger partial charge is 0.481 e. The van der Waals surface area contributed by atoms with Crippen LogP contribution in [0.5, 0.6) is 0 Å². The van der Waals surface area contributed by atoms with Crippen LogP contribution >= 0.6 is 0 Å². The maximum Gasteiger partial charge on any atom is 0.308 e. The molecule has 0 spiro atoms. The number of fused-ring (bicyclic) bond motifs is 1. The Labute approximate surface area is 88.9 Å². The number of nitrogens with zero attached hydrogens (tertiary/aromatic N) is 2. The van der Waals surface area contributed by atoms with Crippen LogP contribution in [0.1, 0.15) is 37.0 Å². The van der Waals surface area contributed by atoms with Crippen LogP contribution in [0.3, 0.4) is 0 Å². The molecule has 2 rings (SSSR count). The molecule has 0 aliphatic carbocycles. The van der Waals surface area contributed by atoms with Crippen molar-refractivity contribution in [2.75, 3.05) is 0 Å². The smallest absolute Gasteiger partial charge is 0.308 e. The maximum atomic E-state index is 10.9. The molecule has 1 aliphatic rings. The number of hydrogen-bond acceptors (Lipinski definition) is 2. The van der Waals surface area contributed by atoms with E-state index in [2.05, 4.69) is 18.8 Å². The Bertz CT molecular complexity index is 407. The molecule has 0 bridgehead atoms. The second-order valence-corrected chi connectivity index (χ2v) is 4.50. The van der Waals surface area contributed by atoms with Gasteiger partial charge in [0.15, 0.2) is 0 Å². The van der Waals surface area contributed by atoms with E-state index < -0.39 is 5.97 Å². The molecular formula is C11H16N2O2. The number of imidazole rings is 1. The van der Waals surface area contributed by atoms with E-state index in [0.717, 1.165) is 17.2 Å². The molecular weight excluding hydrogens is 192 g/mol. The lowest BCUT2D eigenvalue weighted by Gasteiger charge is -2.07. The predicted octanol–water partition coefficient (Wildman–Crippen LogP) is 1.57. The first-order valence-corrected chi connectivity index (χ1v) is 5.29. The minimum atomic E-state index is -0.717. The minimum Gasteiger partial charge on any atom is -0.481 e. The first kappa shape index (κ1) is 10.2. The van der Waals surface area contributed by atoms with Crippen LogP contribution in [-0.2, 0) is 17.8 Å². The van der Waals surface area contributed by atoms with E-state index in [-0.39, 0.29) is 5.92 Å². The van der Waals surface area contributed by atoms with E-state index in [9.17, 15) is 4.79 Å². The van der Waals surface area contributed by atoms with Gasteiger partial charge < -0.3 is 9.67 Å². The average Bonchev–Trinajstić information content (AvgIpc) is 2.65. The van der Waals surface area contributed by atoms with E-state index >= 15 is 0 Å². The topological polar surface area (TPSA) is 55.1 Å². The molecule has 0 fully saturated rings. The summed E-state index contributed by atoms with van der Waals surface area (Å²) in [6, 6.07) is 0. The fraction of sp³-hybridized carbons (Fsp3) is 0.636. The molecule has 15 heavy (non-hydrogen) atoms. The van der Waals surface area contributed by atoms with Crippen LogP contribution in [0.2, 0.25) is 0 Å². The molecule has 1 unspecified atom stereocenters. The van der Waals surface area contributed by atoms with Gasteiger partial charge in [0.2, 0.25) is 0 Å². The zero-order chi connectivity index (χ0) is 11.2. The highest BCUT2D eigenvalue weighted by Gasteiger charge is 2.30. The Morgan fingerprint density at radius 3 is 2.73 bits per heavy atom. The molecule has 1 aromatic heterocycles. The standard InChI is InChI=1S/C11H16N2O2/c1-6(2)10-7(3)13-5-8(11(14)15)4-9(13)12-10/h6,8H,4-5H2,1-3H3,(H,14,15). The van der Waals surface area contributed by atoms with Crippen molar-refractivity contribution in [3.8, 4) is 0 Å². The van der Waals surface area contributed by atoms with Gasteiger partial charge >= 0.3 is 5.97 Å². The van der Waals surface area contributed by atoms with E-state index in [1.165, 1.54) is 0 Å². The van der Waals surface area contributed by atoms with Crippen molar-refractivity contribution in [2.24, 2.45) is 5.92 Å². The van der Waals surface area contributed by atoms with Crippen molar-refractivity contribution in [1.29, 1.82) is 0 Å². The summed E-state index contributed by atoms with van der Waals surface area (Å²) in [7, 11) is 0. The molecule has 1 aromatic rings. The summed E-state index contributed by atoms with van der Waals surface area (Å²) < 4.78 is 2.05. The summed E-state index contributed by atoms with van der Waals surface area (Å²) in [4.78, 5) is 15.4. The van der Waals surface area contributed by atoms with Gasteiger partial charge in [-0.1, -0.05) is 13.8 Å². The number of carboxylic acid groups (broad SMARTS) is 1. The second-order valence-electron chi connectivity index (χ2n) is 4.50. The fourth-order valence-corrected chi connectivity index (χ4v) is 2.23. The summed E-state index contributed by atoms with van der Waals surface area (Å²) in [5, 5.41) is 8.93. The van der Waals surface area contributed by atoms with Crippen molar-refractivity contribution in [3.63, 3.8) is 0 Å². The lowest BCUT2D eigenvalue weighted by Crippen LogP contribution is -2.15. The SMILES string of the molecule is Cc1c(C(C)C)nc2n1CC(C(=O)O)C2. The Hall–Kier alpha value is -1.32. The highest BCUT2D eigenvalue weighted by Crippen LogP contribution is 2.27. The minimum absolute atomic E-state index is 0.285. The van der Waals surface area contributed by atoms with E-state index in [1.54, 1.807) is 0 Å². The van der Waals surface area contributed by atoms with Gasteiger partial charge in [0, 0.05) is 18.7 Å². The van der Waals surface area contributed by atoms with Crippen LogP contribution in [-0.4, -0.2) is 20.6 Å². The molecule has 2 heterocycles. The van der Waals surface area contributed by atoms with Crippen molar-refractivity contribution < 1.29 is 9.90 Å². The van der Waals surface area contributed by atoms with Crippen LogP contribution in [0, 0.1) is 12.8 Å². The number of carboxylic acids is 1. The summed E-state index contributed by atoms with van der Waals surface area (Å²) >= 11 is 0. The molecule has 0 saturated heterocycles. The van der Waals surface area contributed by atoms with Crippen LogP contribution in [0.15, 0.2) is 0 Å². The number of aromatic nitrogens is 2. The monoisotopic (exact) mass is 208 g/mol. The third-order valence-corrected chi connectivity index (χ3v) is 3.06. The Morgan fingerprint density at radius 1 is 1.60 bits per heavy atom. The normalized spacial score (nSPS) is 19.6. The summed E-state index contributed by atoms with van der Waals surface area (Å²) in [5.41, 5.74) is 2.23. The summed E-state index contributed by atoms with van der Waals surface area (Å²) in [6.07, 6.45) is 0.572. The number of aliphatic carboxylic acids is 1. The van der Waals surface area contributed by atoms with Gasteiger partial charge in [-0.3, -0.25) is 4.79 Å². The summed E-state index contributed by atoms with van der Waals surface area (Å²) in [6.45, 7) is 6.83. The Morgan fingerprint density at radius 2 is 2.27 bits per heavy atom. The van der Waals surface area contributed by atoms with E-state index in [4.69, 9.17) is 5.11 Å². The Balaban J connectivity index is 2.32. The molecule has 0 radical (unpaired) electrons. The molecule has 1 N–H and O–H groups in total. The van der Waals surface area contributed by atoms with Crippen LogP contribution in [0.4, 0.5) is 0 Å². The van der Waals surface area contributed by atoms with Crippen molar-refractivity contribution in [1.82, 2.24) is 9.55 Å². The molecule has 82 valence electrons. The third kappa shape index (κ3) is 1.54. The van der Waals surface area contributed by atoms with Crippen molar-refractivity contribution >= 4 is 5.97 Å². The van der Waals surface area contributed by atoms with Crippen LogP contribution < -0.4 is 0 Å². The zero-order valence-corrected chi connectivity index (χ0v) is 9.32. The van der Waals surface area contributed by atoms with E-state index in [1.807, 2.05) is 11.5 Å². The second kappa shape index (κ2) is 3.36. The van der Waals surface area contributed by atoms with Gasteiger partial charge in [0.1, 0.15) is 5.82 Å². The maximum absolute atomic E-state index is 10.9. The summed E-state index contributed by atoms with van der Waals surface area (Å²) in [5.74, 6) is 0.341. The zero-order valence-electron chi connectivity index (χ0n) is 9.32. The molecule has 0 saturated carbocycles. The van der Waals surface area contributed by atoms with Crippen molar-refractivity contribution in [3.05, 3.63) is 17.2 Å². The average molecular weight is 208 g/mol. The molecule has 1 aliphatic heterocycles. The highest BCUT2D eigenvalue weighted by atomic mass is 16.4. The first-order valence-electron chi connectivity index (χ1n) is 5.29. The third-order valence-electron chi connectivity index (χ3n) is 3.06. The van der Waals surface area contributed by atoms with Gasteiger partial charge in [-0.15, -0.1) is 0 Å². The molecule has 4 nitrogen and oxygen atoms in total. The van der Waals surface area contributed by atoms with E-state index in [0.29, 0.717) is 18.9 Å². The number of hydrogen-bond donors (Lipinski definition) is 1. The van der Waals surface area contributed by atoms with Gasteiger partial charge in [0.05, 0.1) is 11.6 Å². The molecule has 0 aromatic carbocycles. The number of carbonyl (C=O) groups is 1. The fourth-order valence-electron chi connectivity index (χ4n) is 2.23. The Kier molecular flexibility index (Phi) is 2.29. The molecule has 0 amide bonds. The lowest BCUT2D eigenvalue weighted by molar-refractivity contribution is -0.141. The molecule has 4 heteroatoms. The number of rotatable bonds is 2.